The van der Waals surface area contributed by atoms with Crippen molar-refractivity contribution in [3.05, 3.63) is 59.7 Å². The van der Waals surface area contributed by atoms with Crippen LogP contribution in [0.1, 0.15) is 31.0 Å². The molecular weight excluding hydrogens is 459 g/mol. The van der Waals surface area contributed by atoms with Crippen molar-refractivity contribution in [3.63, 3.8) is 0 Å². The van der Waals surface area contributed by atoms with Gasteiger partial charge in [0.15, 0.2) is 0 Å². The van der Waals surface area contributed by atoms with E-state index in [1.165, 1.54) is 13.0 Å². The number of anilines is 1. The number of alkyl halides is 3. The first kappa shape index (κ1) is 25.0. The summed E-state index contributed by atoms with van der Waals surface area (Å²) in [6.45, 7) is 5.92. The molecule has 1 aliphatic heterocycles. The van der Waals surface area contributed by atoms with Crippen molar-refractivity contribution < 1.29 is 31.1 Å². The SMILES string of the molecule is CC(NC(=O)[C@H](C)NS(=O)(=O)c1ccccc1C(F)(F)F)c1ccc(N2CCOCC2)cc1. The Labute approximate surface area is 191 Å². The third kappa shape index (κ3) is 6.24. The molecule has 180 valence electrons. The minimum Gasteiger partial charge on any atom is -0.378 e. The highest BCUT2D eigenvalue weighted by Gasteiger charge is 2.37. The number of carbonyl (C=O) groups excluding carboxylic acids is 1. The Kier molecular flexibility index (Phi) is 7.65. The van der Waals surface area contributed by atoms with Gasteiger partial charge in [-0.25, -0.2) is 8.42 Å². The second-order valence-corrected chi connectivity index (χ2v) is 9.44. The summed E-state index contributed by atoms with van der Waals surface area (Å²) in [5.74, 6) is -0.659. The van der Waals surface area contributed by atoms with Gasteiger partial charge in [0.25, 0.3) is 0 Å². The van der Waals surface area contributed by atoms with Crippen molar-refractivity contribution in [2.45, 2.75) is 37.0 Å². The summed E-state index contributed by atoms with van der Waals surface area (Å²) in [6, 6.07) is 9.70. The molecule has 1 fully saturated rings. The van der Waals surface area contributed by atoms with E-state index in [1.54, 1.807) is 6.92 Å². The Balaban J connectivity index is 1.64. The summed E-state index contributed by atoms with van der Waals surface area (Å²) >= 11 is 0. The zero-order valence-corrected chi connectivity index (χ0v) is 19.0. The molecule has 33 heavy (non-hydrogen) atoms. The zero-order valence-electron chi connectivity index (χ0n) is 18.2. The summed E-state index contributed by atoms with van der Waals surface area (Å²) in [5, 5.41) is 2.69. The number of nitrogens with zero attached hydrogens (tertiary/aromatic N) is 1. The highest BCUT2D eigenvalue weighted by atomic mass is 32.2. The number of halogens is 3. The molecule has 0 aromatic heterocycles. The molecule has 0 aliphatic carbocycles. The first-order valence-electron chi connectivity index (χ1n) is 10.4. The van der Waals surface area contributed by atoms with Crippen LogP contribution in [0.2, 0.25) is 0 Å². The summed E-state index contributed by atoms with van der Waals surface area (Å²) in [6.07, 6.45) is -4.85. The molecule has 0 bridgehead atoms. The largest absolute Gasteiger partial charge is 0.417 e. The monoisotopic (exact) mass is 485 g/mol. The molecule has 2 aromatic rings. The maximum atomic E-state index is 13.2. The molecule has 11 heteroatoms. The maximum absolute atomic E-state index is 13.2. The number of ether oxygens (including phenoxy) is 1. The maximum Gasteiger partial charge on any atom is 0.417 e. The molecule has 1 amide bonds. The van der Waals surface area contributed by atoms with Gasteiger partial charge >= 0.3 is 6.18 Å². The molecular formula is C22H26F3N3O4S. The zero-order chi connectivity index (χ0) is 24.2. The number of carbonyl (C=O) groups is 1. The van der Waals surface area contributed by atoms with Crippen molar-refractivity contribution in [2.75, 3.05) is 31.2 Å². The lowest BCUT2D eigenvalue weighted by molar-refractivity contribution is -0.139. The first-order valence-corrected chi connectivity index (χ1v) is 11.9. The van der Waals surface area contributed by atoms with Crippen LogP contribution >= 0.6 is 0 Å². The molecule has 0 saturated carbocycles. The average molecular weight is 486 g/mol. The summed E-state index contributed by atoms with van der Waals surface area (Å²) in [7, 11) is -4.58. The molecule has 1 saturated heterocycles. The van der Waals surface area contributed by atoms with E-state index in [0.717, 1.165) is 36.5 Å². The summed E-state index contributed by atoms with van der Waals surface area (Å²) in [4.78, 5) is 13.8. The average Bonchev–Trinajstić information content (AvgIpc) is 2.79. The number of morpholine rings is 1. The van der Waals surface area contributed by atoms with Crippen LogP contribution in [0, 0.1) is 0 Å². The van der Waals surface area contributed by atoms with Crippen LogP contribution in [-0.2, 0) is 25.7 Å². The molecule has 1 heterocycles. The number of hydrogen-bond donors (Lipinski definition) is 2. The van der Waals surface area contributed by atoms with Gasteiger partial charge in [0.1, 0.15) is 0 Å². The minimum absolute atomic E-state index is 0.439. The van der Waals surface area contributed by atoms with Crippen LogP contribution in [0.15, 0.2) is 53.4 Å². The standard InChI is InChI=1S/C22H26F3N3O4S/c1-15(17-7-9-18(10-8-17)28-11-13-32-14-12-28)26-21(29)16(2)27-33(30,31)20-6-4-3-5-19(20)22(23,24)25/h3-10,15-16,27H,11-14H2,1-2H3,(H,26,29)/t15?,16-/m0/s1. The van der Waals surface area contributed by atoms with Crippen LogP contribution in [0.5, 0.6) is 0 Å². The fourth-order valence-electron chi connectivity index (χ4n) is 3.50. The fourth-order valence-corrected chi connectivity index (χ4v) is 4.93. The predicted molar refractivity (Wildman–Crippen MR) is 117 cm³/mol. The number of rotatable bonds is 7. The molecule has 0 radical (unpaired) electrons. The van der Waals surface area contributed by atoms with Gasteiger partial charge in [0.05, 0.1) is 35.8 Å². The Hall–Kier alpha value is -2.63. The van der Waals surface area contributed by atoms with Crippen molar-refractivity contribution in [1.82, 2.24) is 10.0 Å². The molecule has 7 nitrogen and oxygen atoms in total. The first-order chi connectivity index (χ1) is 15.5. The van der Waals surface area contributed by atoms with Gasteiger partial charge in [-0.3, -0.25) is 4.79 Å². The predicted octanol–water partition coefficient (Wildman–Crippen LogP) is 3.09. The molecule has 0 spiro atoms. The number of benzene rings is 2. The van der Waals surface area contributed by atoms with Gasteiger partial charge in [0, 0.05) is 18.8 Å². The van der Waals surface area contributed by atoms with E-state index >= 15 is 0 Å². The van der Waals surface area contributed by atoms with E-state index in [1.807, 2.05) is 29.0 Å². The highest BCUT2D eigenvalue weighted by Crippen LogP contribution is 2.34. The molecule has 2 atom stereocenters. The van der Waals surface area contributed by atoms with E-state index < -0.39 is 44.6 Å². The quantitative estimate of drug-likeness (QED) is 0.630. The second-order valence-electron chi connectivity index (χ2n) is 7.76. The Morgan fingerprint density at radius 1 is 1.03 bits per heavy atom. The van der Waals surface area contributed by atoms with Gasteiger partial charge in [-0.1, -0.05) is 24.3 Å². The van der Waals surface area contributed by atoms with Crippen molar-refractivity contribution in [3.8, 4) is 0 Å². The summed E-state index contributed by atoms with van der Waals surface area (Å²) in [5.41, 5.74) is 0.543. The van der Waals surface area contributed by atoms with Gasteiger partial charge in [-0.2, -0.15) is 17.9 Å². The van der Waals surface area contributed by atoms with E-state index in [4.69, 9.17) is 4.74 Å². The number of sulfonamides is 1. The normalized spacial score (nSPS) is 16.8. The van der Waals surface area contributed by atoms with Gasteiger partial charge < -0.3 is 15.0 Å². The second kappa shape index (κ2) is 10.1. The van der Waals surface area contributed by atoms with Crippen LogP contribution in [0.3, 0.4) is 0 Å². The Morgan fingerprint density at radius 2 is 1.64 bits per heavy atom. The van der Waals surface area contributed by atoms with E-state index in [-0.39, 0.29) is 0 Å². The van der Waals surface area contributed by atoms with Gasteiger partial charge in [-0.05, 0) is 43.7 Å². The van der Waals surface area contributed by atoms with E-state index in [0.29, 0.717) is 19.3 Å². The molecule has 1 aliphatic rings. The van der Waals surface area contributed by atoms with Crippen LogP contribution in [0.4, 0.5) is 18.9 Å². The lowest BCUT2D eigenvalue weighted by Crippen LogP contribution is -2.45. The number of hydrogen-bond acceptors (Lipinski definition) is 5. The third-order valence-corrected chi connectivity index (χ3v) is 6.93. The van der Waals surface area contributed by atoms with Crippen molar-refractivity contribution in [2.24, 2.45) is 0 Å². The minimum atomic E-state index is -4.85. The fraction of sp³-hybridized carbons (Fsp3) is 0.409. The third-order valence-electron chi connectivity index (χ3n) is 5.34. The Bertz CT molecular complexity index is 1070. The highest BCUT2D eigenvalue weighted by molar-refractivity contribution is 7.89. The topological polar surface area (TPSA) is 87.7 Å². The van der Waals surface area contributed by atoms with Crippen LogP contribution in [-0.4, -0.2) is 46.7 Å². The summed E-state index contributed by atoms with van der Waals surface area (Å²) < 4.78 is 72.1. The van der Waals surface area contributed by atoms with Gasteiger partial charge in [0.2, 0.25) is 15.9 Å². The molecule has 3 rings (SSSR count). The lowest BCUT2D eigenvalue weighted by atomic mass is 10.1. The van der Waals surface area contributed by atoms with Crippen molar-refractivity contribution >= 4 is 21.6 Å². The molecule has 2 aromatic carbocycles. The Morgan fingerprint density at radius 3 is 2.24 bits per heavy atom. The smallest absolute Gasteiger partial charge is 0.378 e. The van der Waals surface area contributed by atoms with Gasteiger partial charge in [-0.15, -0.1) is 0 Å². The molecule has 2 N–H and O–H groups in total. The number of nitrogens with one attached hydrogen (secondary N) is 2. The van der Waals surface area contributed by atoms with Crippen molar-refractivity contribution in [1.29, 1.82) is 0 Å². The van der Waals surface area contributed by atoms with E-state index in [9.17, 15) is 26.4 Å². The molecule has 1 unspecified atom stereocenters. The van der Waals surface area contributed by atoms with Crippen LogP contribution in [0.25, 0.3) is 0 Å². The van der Waals surface area contributed by atoms with E-state index in [2.05, 4.69) is 10.2 Å². The lowest BCUT2D eigenvalue weighted by Gasteiger charge is -2.29. The number of amides is 1. The van der Waals surface area contributed by atoms with Crippen LogP contribution < -0.4 is 14.9 Å².